The van der Waals surface area contributed by atoms with Gasteiger partial charge in [-0.2, -0.15) is 0 Å². The lowest BCUT2D eigenvalue weighted by molar-refractivity contribution is 0.202. The Kier molecular flexibility index (Phi) is 5.11. The minimum Gasteiger partial charge on any atom is -0.311 e. The largest absolute Gasteiger partial charge is 0.311 e. The van der Waals surface area contributed by atoms with E-state index in [1.807, 2.05) is 0 Å². The zero-order valence-electron chi connectivity index (χ0n) is 11.2. The average Bonchev–Trinajstić information content (AvgIpc) is 1.98. The molecule has 0 atom stereocenters. The van der Waals surface area contributed by atoms with E-state index in [1.54, 1.807) is 0 Å². The Labute approximate surface area is 96.0 Å². The Morgan fingerprint density at radius 1 is 1.00 bits per heavy atom. The van der Waals surface area contributed by atoms with Crippen LogP contribution in [0.2, 0.25) is 0 Å². The first-order valence-electron chi connectivity index (χ1n) is 6.73. The average molecular weight is 211 g/mol. The summed E-state index contributed by atoms with van der Waals surface area (Å²) in [5.41, 5.74) is 0. The summed E-state index contributed by atoms with van der Waals surface area (Å²) in [5, 5.41) is 3.85. The summed E-state index contributed by atoms with van der Waals surface area (Å²) in [4.78, 5) is 0. The van der Waals surface area contributed by atoms with Gasteiger partial charge in [0.1, 0.15) is 0 Å². The topological polar surface area (TPSA) is 12.0 Å². The zero-order chi connectivity index (χ0) is 11.4. The van der Waals surface area contributed by atoms with Crippen molar-refractivity contribution in [1.82, 2.24) is 5.32 Å². The molecule has 1 nitrogen and oxygen atoms in total. The second-order valence-electron chi connectivity index (χ2n) is 6.40. The minimum atomic E-state index is 0.752. The second kappa shape index (κ2) is 5.89. The number of rotatable bonds is 6. The van der Waals surface area contributed by atoms with Crippen LogP contribution in [0.25, 0.3) is 0 Å². The predicted molar refractivity (Wildman–Crippen MR) is 68.0 cm³/mol. The summed E-state index contributed by atoms with van der Waals surface area (Å²) >= 11 is 0. The van der Waals surface area contributed by atoms with Crippen molar-refractivity contribution < 1.29 is 0 Å². The first kappa shape index (κ1) is 13.0. The molecular weight excluding hydrogens is 182 g/mol. The van der Waals surface area contributed by atoms with Crippen LogP contribution < -0.4 is 5.32 Å². The Balaban J connectivity index is 2.28. The first-order chi connectivity index (χ1) is 6.97. The number of hydrogen-bond donors (Lipinski definition) is 1. The Bertz CT molecular complexity index is 158. The van der Waals surface area contributed by atoms with E-state index in [0.717, 1.165) is 29.8 Å². The summed E-state index contributed by atoms with van der Waals surface area (Å²) in [6.45, 7) is 11.7. The lowest BCUT2D eigenvalue weighted by Gasteiger charge is -2.37. The summed E-state index contributed by atoms with van der Waals surface area (Å²) in [7, 11) is 0. The van der Waals surface area contributed by atoms with Crippen molar-refractivity contribution in [3.63, 3.8) is 0 Å². The zero-order valence-corrected chi connectivity index (χ0v) is 11.2. The van der Waals surface area contributed by atoms with Crippen molar-refractivity contribution >= 4 is 0 Å². The van der Waals surface area contributed by atoms with Crippen LogP contribution >= 0.6 is 0 Å². The fourth-order valence-corrected chi connectivity index (χ4v) is 2.74. The van der Waals surface area contributed by atoms with E-state index in [1.165, 1.54) is 25.7 Å². The fourth-order valence-electron chi connectivity index (χ4n) is 2.74. The van der Waals surface area contributed by atoms with Gasteiger partial charge in [0.2, 0.25) is 0 Å². The molecule has 1 fully saturated rings. The highest BCUT2D eigenvalue weighted by Gasteiger charge is 2.27. The molecule has 90 valence electrons. The van der Waals surface area contributed by atoms with Crippen LogP contribution in [0.15, 0.2) is 0 Å². The van der Waals surface area contributed by atoms with Crippen molar-refractivity contribution in [3.05, 3.63) is 0 Å². The maximum atomic E-state index is 3.85. The third-order valence-electron chi connectivity index (χ3n) is 3.36. The quantitative estimate of drug-likeness (QED) is 0.704. The molecule has 0 aromatic heterocycles. The molecule has 1 N–H and O–H groups in total. The lowest BCUT2D eigenvalue weighted by Crippen LogP contribution is -2.46. The van der Waals surface area contributed by atoms with E-state index in [2.05, 4.69) is 39.9 Å². The number of hydrogen-bond acceptors (Lipinski definition) is 1. The fraction of sp³-hybridized carbons (Fsp3) is 1.00. The van der Waals surface area contributed by atoms with Crippen LogP contribution in [0.3, 0.4) is 0 Å². The van der Waals surface area contributed by atoms with Gasteiger partial charge in [0.05, 0.1) is 0 Å². The molecule has 0 unspecified atom stereocenters. The summed E-state index contributed by atoms with van der Waals surface area (Å²) in [5.74, 6) is 2.60. The summed E-state index contributed by atoms with van der Waals surface area (Å²) in [6.07, 6.45) is 5.46. The van der Waals surface area contributed by atoms with E-state index < -0.39 is 0 Å². The molecule has 1 rings (SSSR count). The van der Waals surface area contributed by atoms with E-state index in [9.17, 15) is 0 Å². The number of nitrogens with one attached hydrogen (secondary N) is 1. The van der Waals surface area contributed by atoms with Gasteiger partial charge in [0.15, 0.2) is 0 Å². The molecule has 0 aromatic rings. The van der Waals surface area contributed by atoms with E-state index >= 15 is 0 Å². The van der Waals surface area contributed by atoms with Crippen molar-refractivity contribution in [1.29, 1.82) is 0 Å². The van der Waals surface area contributed by atoms with E-state index in [4.69, 9.17) is 0 Å². The first-order valence-corrected chi connectivity index (χ1v) is 6.73. The molecule has 15 heavy (non-hydrogen) atoms. The minimum absolute atomic E-state index is 0.752. The van der Waals surface area contributed by atoms with Gasteiger partial charge in [0.25, 0.3) is 0 Å². The SMILES string of the molecule is CC(C)CC(CC(C)C)NC1CC(C)C1. The normalized spacial score (nSPS) is 26.4. The third-order valence-corrected chi connectivity index (χ3v) is 3.36. The molecule has 0 bridgehead atoms. The molecule has 0 saturated heterocycles. The highest BCUT2D eigenvalue weighted by atomic mass is 15.0. The van der Waals surface area contributed by atoms with Gasteiger partial charge in [-0.25, -0.2) is 0 Å². The summed E-state index contributed by atoms with van der Waals surface area (Å²) in [6, 6.07) is 1.57. The van der Waals surface area contributed by atoms with Crippen LogP contribution in [-0.2, 0) is 0 Å². The van der Waals surface area contributed by atoms with Crippen molar-refractivity contribution in [2.24, 2.45) is 17.8 Å². The van der Waals surface area contributed by atoms with E-state index in [-0.39, 0.29) is 0 Å². The van der Waals surface area contributed by atoms with Crippen LogP contribution in [-0.4, -0.2) is 12.1 Å². The van der Waals surface area contributed by atoms with Crippen molar-refractivity contribution in [2.75, 3.05) is 0 Å². The van der Waals surface area contributed by atoms with E-state index in [0.29, 0.717) is 0 Å². The molecule has 1 aliphatic rings. The van der Waals surface area contributed by atoms with Gasteiger partial charge in [-0.1, -0.05) is 34.6 Å². The third kappa shape index (κ3) is 5.01. The van der Waals surface area contributed by atoms with Gasteiger partial charge in [-0.15, -0.1) is 0 Å². The second-order valence-corrected chi connectivity index (χ2v) is 6.40. The predicted octanol–water partition coefficient (Wildman–Crippen LogP) is 3.84. The Hall–Kier alpha value is -0.0400. The smallest absolute Gasteiger partial charge is 0.00747 e. The van der Waals surface area contributed by atoms with Crippen LogP contribution in [0.5, 0.6) is 0 Å². The molecule has 0 spiro atoms. The van der Waals surface area contributed by atoms with Crippen molar-refractivity contribution in [3.8, 4) is 0 Å². The molecule has 0 amide bonds. The summed E-state index contributed by atoms with van der Waals surface area (Å²) < 4.78 is 0. The molecule has 0 radical (unpaired) electrons. The highest BCUT2D eigenvalue weighted by Crippen LogP contribution is 2.28. The van der Waals surface area contributed by atoms with Gasteiger partial charge in [-0.3, -0.25) is 0 Å². The van der Waals surface area contributed by atoms with Gasteiger partial charge >= 0.3 is 0 Å². The van der Waals surface area contributed by atoms with Crippen LogP contribution in [0.1, 0.15) is 60.3 Å². The Morgan fingerprint density at radius 3 is 1.80 bits per heavy atom. The highest BCUT2D eigenvalue weighted by molar-refractivity contribution is 4.85. The molecule has 1 heteroatoms. The lowest BCUT2D eigenvalue weighted by atomic mass is 9.80. The molecule has 1 saturated carbocycles. The molecule has 0 aliphatic heterocycles. The van der Waals surface area contributed by atoms with Gasteiger partial charge in [0, 0.05) is 12.1 Å². The Morgan fingerprint density at radius 2 is 1.47 bits per heavy atom. The molecular formula is C14H29N. The van der Waals surface area contributed by atoms with Crippen LogP contribution in [0.4, 0.5) is 0 Å². The van der Waals surface area contributed by atoms with Crippen molar-refractivity contribution in [2.45, 2.75) is 72.4 Å². The monoisotopic (exact) mass is 211 g/mol. The van der Waals surface area contributed by atoms with Gasteiger partial charge < -0.3 is 5.32 Å². The molecule has 0 heterocycles. The molecule has 0 aromatic carbocycles. The molecule has 1 aliphatic carbocycles. The maximum absolute atomic E-state index is 3.85. The maximum Gasteiger partial charge on any atom is 0.00747 e. The van der Waals surface area contributed by atoms with Crippen LogP contribution in [0, 0.1) is 17.8 Å². The van der Waals surface area contributed by atoms with Gasteiger partial charge in [-0.05, 0) is 43.4 Å². The standard InChI is InChI=1S/C14H29N/c1-10(2)6-13(7-11(3)4)15-14-8-12(5)9-14/h10-15H,6-9H2,1-5H3.